The summed E-state index contributed by atoms with van der Waals surface area (Å²) in [5, 5.41) is 4.56. The highest BCUT2D eigenvalue weighted by molar-refractivity contribution is 7.99. The van der Waals surface area contributed by atoms with Crippen molar-refractivity contribution in [1.29, 1.82) is 0 Å². The van der Waals surface area contributed by atoms with Crippen LogP contribution >= 0.6 is 11.8 Å². The third-order valence-corrected chi connectivity index (χ3v) is 3.64. The summed E-state index contributed by atoms with van der Waals surface area (Å²) in [6.45, 7) is 2.80. The first-order chi connectivity index (χ1) is 9.72. The van der Waals surface area contributed by atoms with Gasteiger partial charge >= 0.3 is 0 Å². The van der Waals surface area contributed by atoms with E-state index in [2.05, 4.69) is 27.2 Å². The maximum absolute atomic E-state index is 11.6. The minimum atomic E-state index is -0.114. The van der Waals surface area contributed by atoms with Gasteiger partial charge in [0.1, 0.15) is 5.03 Å². The monoisotopic (exact) mass is 290 g/mol. The minimum absolute atomic E-state index is 0.114. The lowest BCUT2D eigenvalue weighted by molar-refractivity contribution is 0.785. The summed E-state index contributed by atoms with van der Waals surface area (Å²) in [7, 11) is 1.89. The van der Waals surface area contributed by atoms with E-state index in [1.165, 1.54) is 11.8 Å². The molecule has 2 N–H and O–H groups in total. The maximum atomic E-state index is 11.6. The molecule has 2 aromatic heterocycles. The molecule has 0 amide bonds. The average Bonchev–Trinajstić information content (AvgIpc) is 2.41. The molecule has 0 spiro atoms. The lowest BCUT2D eigenvalue weighted by atomic mass is 10.2. The second kappa shape index (κ2) is 7.21. The van der Waals surface area contributed by atoms with Crippen LogP contribution in [0.2, 0.25) is 0 Å². The Morgan fingerprint density at radius 3 is 3.05 bits per heavy atom. The second-order valence-corrected chi connectivity index (χ2v) is 5.37. The topological polar surface area (TPSA) is 70.7 Å². The van der Waals surface area contributed by atoms with Crippen LogP contribution in [0.3, 0.4) is 0 Å². The van der Waals surface area contributed by atoms with E-state index in [9.17, 15) is 4.79 Å². The van der Waals surface area contributed by atoms with E-state index >= 15 is 0 Å². The fourth-order valence-electron chi connectivity index (χ4n) is 1.85. The molecule has 2 aromatic rings. The summed E-state index contributed by atoms with van der Waals surface area (Å²) < 4.78 is 0. The fraction of sp³-hybridized carbons (Fsp3) is 0.357. The Morgan fingerprint density at radius 2 is 2.30 bits per heavy atom. The van der Waals surface area contributed by atoms with Crippen LogP contribution in [-0.2, 0) is 13.0 Å². The smallest absolute Gasteiger partial charge is 0.251 e. The van der Waals surface area contributed by atoms with Gasteiger partial charge in [-0.3, -0.25) is 4.79 Å². The standard InChI is InChI=1S/C14H18N4OS/c1-3-5-11-8-12(19)18-14(17-11)20-13-10(9-15-2)6-4-7-16-13/h4,6-8,15H,3,5,9H2,1-2H3,(H,17,18,19). The van der Waals surface area contributed by atoms with Gasteiger partial charge in [0, 0.05) is 24.5 Å². The van der Waals surface area contributed by atoms with Gasteiger partial charge in [-0.05, 0) is 36.9 Å². The first-order valence-electron chi connectivity index (χ1n) is 6.59. The van der Waals surface area contributed by atoms with E-state index in [-0.39, 0.29) is 5.56 Å². The van der Waals surface area contributed by atoms with E-state index in [0.29, 0.717) is 5.16 Å². The maximum Gasteiger partial charge on any atom is 0.251 e. The largest absolute Gasteiger partial charge is 0.316 e. The molecule has 0 bridgehead atoms. The van der Waals surface area contributed by atoms with Gasteiger partial charge in [-0.25, -0.2) is 9.97 Å². The summed E-state index contributed by atoms with van der Waals surface area (Å²) in [4.78, 5) is 23.2. The van der Waals surface area contributed by atoms with Crippen molar-refractivity contribution in [3.8, 4) is 0 Å². The zero-order valence-corrected chi connectivity index (χ0v) is 12.5. The summed E-state index contributed by atoms with van der Waals surface area (Å²) >= 11 is 1.39. The zero-order valence-electron chi connectivity index (χ0n) is 11.6. The predicted octanol–water partition coefficient (Wildman–Crippen LogP) is 1.99. The van der Waals surface area contributed by atoms with E-state index in [1.807, 2.05) is 19.2 Å². The number of pyridine rings is 1. The van der Waals surface area contributed by atoms with Crippen LogP contribution in [0, 0.1) is 0 Å². The predicted molar refractivity (Wildman–Crippen MR) is 80.0 cm³/mol. The number of hydrogen-bond acceptors (Lipinski definition) is 5. The number of nitrogens with one attached hydrogen (secondary N) is 2. The molecule has 0 unspecified atom stereocenters. The van der Waals surface area contributed by atoms with E-state index in [1.54, 1.807) is 12.3 Å². The molecule has 20 heavy (non-hydrogen) atoms. The summed E-state index contributed by atoms with van der Waals surface area (Å²) in [6, 6.07) is 5.47. The number of aromatic amines is 1. The van der Waals surface area contributed by atoms with Gasteiger partial charge in [0.15, 0.2) is 5.16 Å². The van der Waals surface area contributed by atoms with Crippen molar-refractivity contribution in [3.63, 3.8) is 0 Å². The van der Waals surface area contributed by atoms with Gasteiger partial charge in [-0.1, -0.05) is 19.4 Å². The van der Waals surface area contributed by atoms with Crippen LogP contribution in [-0.4, -0.2) is 22.0 Å². The molecule has 0 aliphatic heterocycles. The normalized spacial score (nSPS) is 10.7. The molecule has 0 radical (unpaired) electrons. The summed E-state index contributed by atoms with van der Waals surface area (Å²) in [5.41, 5.74) is 1.80. The zero-order chi connectivity index (χ0) is 14.4. The third-order valence-electron chi connectivity index (χ3n) is 2.69. The van der Waals surface area contributed by atoms with Gasteiger partial charge in [-0.2, -0.15) is 0 Å². The number of nitrogens with zero attached hydrogens (tertiary/aromatic N) is 2. The molecule has 106 valence electrons. The third kappa shape index (κ3) is 3.91. The molecule has 0 saturated heterocycles. The van der Waals surface area contributed by atoms with E-state index < -0.39 is 0 Å². The molecule has 0 saturated carbocycles. The Balaban J connectivity index is 2.27. The van der Waals surface area contributed by atoms with Gasteiger partial charge in [0.25, 0.3) is 5.56 Å². The summed E-state index contributed by atoms with van der Waals surface area (Å²) in [6.07, 6.45) is 3.52. The number of rotatable bonds is 6. The highest BCUT2D eigenvalue weighted by atomic mass is 32.2. The molecule has 6 heteroatoms. The first-order valence-corrected chi connectivity index (χ1v) is 7.41. The molecule has 0 aromatic carbocycles. The molecule has 0 aliphatic carbocycles. The minimum Gasteiger partial charge on any atom is -0.316 e. The fourth-order valence-corrected chi connectivity index (χ4v) is 2.73. The van der Waals surface area contributed by atoms with Gasteiger partial charge in [-0.15, -0.1) is 0 Å². The molecule has 5 nitrogen and oxygen atoms in total. The van der Waals surface area contributed by atoms with Crippen LogP contribution in [0.25, 0.3) is 0 Å². The van der Waals surface area contributed by atoms with Crippen LogP contribution in [0.5, 0.6) is 0 Å². The number of H-pyrrole nitrogens is 1. The van der Waals surface area contributed by atoms with Crippen LogP contribution in [0.15, 0.2) is 39.4 Å². The number of hydrogen-bond donors (Lipinski definition) is 2. The van der Waals surface area contributed by atoms with Crippen molar-refractivity contribution in [3.05, 3.63) is 46.0 Å². The van der Waals surface area contributed by atoms with Gasteiger partial charge in [0.2, 0.25) is 0 Å². The Labute approximate surface area is 122 Å². The Morgan fingerprint density at radius 1 is 1.45 bits per heavy atom. The van der Waals surface area contributed by atoms with Crippen molar-refractivity contribution >= 4 is 11.8 Å². The number of aryl methyl sites for hydroxylation is 1. The van der Waals surface area contributed by atoms with E-state index in [0.717, 1.165) is 35.7 Å². The van der Waals surface area contributed by atoms with Crippen molar-refractivity contribution in [1.82, 2.24) is 20.3 Å². The molecular formula is C14H18N4OS. The Bertz CT molecular complexity index is 627. The summed E-state index contributed by atoms with van der Waals surface area (Å²) in [5.74, 6) is 0. The molecule has 2 heterocycles. The van der Waals surface area contributed by atoms with Crippen LogP contribution in [0.4, 0.5) is 0 Å². The van der Waals surface area contributed by atoms with Crippen molar-refractivity contribution in [2.24, 2.45) is 0 Å². The quantitative estimate of drug-likeness (QED) is 0.796. The van der Waals surface area contributed by atoms with Gasteiger partial charge in [0.05, 0.1) is 0 Å². The lowest BCUT2D eigenvalue weighted by Gasteiger charge is -2.07. The highest BCUT2D eigenvalue weighted by Gasteiger charge is 2.08. The molecule has 2 rings (SSSR count). The molecule has 0 fully saturated rings. The van der Waals surface area contributed by atoms with Crippen molar-refractivity contribution in [2.75, 3.05) is 7.05 Å². The second-order valence-electron chi connectivity index (χ2n) is 4.39. The highest BCUT2D eigenvalue weighted by Crippen LogP contribution is 2.25. The lowest BCUT2D eigenvalue weighted by Crippen LogP contribution is -2.11. The molecule has 0 aliphatic rings. The Hall–Kier alpha value is -1.66. The van der Waals surface area contributed by atoms with E-state index in [4.69, 9.17) is 0 Å². The van der Waals surface area contributed by atoms with Crippen LogP contribution < -0.4 is 10.9 Å². The average molecular weight is 290 g/mol. The van der Waals surface area contributed by atoms with Crippen molar-refractivity contribution in [2.45, 2.75) is 36.5 Å². The first kappa shape index (κ1) is 14.7. The molecular weight excluding hydrogens is 272 g/mol. The SMILES string of the molecule is CCCc1cc(=O)[nH]c(Sc2ncccc2CNC)n1. The van der Waals surface area contributed by atoms with Crippen LogP contribution in [0.1, 0.15) is 24.6 Å². The molecule has 0 atom stereocenters. The Kier molecular flexibility index (Phi) is 5.31. The number of aromatic nitrogens is 3. The van der Waals surface area contributed by atoms with Gasteiger partial charge < -0.3 is 10.3 Å². The van der Waals surface area contributed by atoms with Crippen molar-refractivity contribution < 1.29 is 0 Å².